The number of thiol groups is 1. The van der Waals surface area contributed by atoms with Crippen molar-refractivity contribution >= 4 is 12.6 Å². The van der Waals surface area contributed by atoms with E-state index in [1.165, 1.54) is 103 Å². The summed E-state index contributed by atoms with van der Waals surface area (Å²) < 4.78 is 0. The summed E-state index contributed by atoms with van der Waals surface area (Å²) in [7, 11) is 0. The number of aliphatic hydroxyl groups is 1. The van der Waals surface area contributed by atoms with Crippen LogP contribution in [-0.2, 0) is 0 Å². The molecule has 1 N–H and O–H groups in total. The Morgan fingerprint density at radius 3 is 1.26 bits per heavy atom. The highest BCUT2D eigenvalue weighted by atomic mass is 32.1. The second-order valence-electron chi connectivity index (χ2n) is 7.26. The molecule has 0 aliphatic rings. The van der Waals surface area contributed by atoms with E-state index >= 15 is 0 Å². The smallest absolute Gasteiger partial charge is 0.0548 e. The van der Waals surface area contributed by atoms with Gasteiger partial charge in [-0.05, 0) is 18.6 Å². The molecule has 140 valence electrons. The average Bonchev–Trinajstić information content (AvgIpc) is 2.54. The Balaban J connectivity index is 3.00. The van der Waals surface area contributed by atoms with Crippen molar-refractivity contribution in [2.24, 2.45) is 0 Å². The highest BCUT2D eigenvalue weighted by Gasteiger charge is 2.01. The minimum absolute atomic E-state index is 0.112. The SMILES string of the molecule is CCCCCCCCCCCCCCCCCCC(O)CCS. The van der Waals surface area contributed by atoms with Crippen LogP contribution in [0.25, 0.3) is 0 Å². The van der Waals surface area contributed by atoms with Crippen LogP contribution in [-0.4, -0.2) is 17.0 Å². The van der Waals surface area contributed by atoms with Gasteiger partial charge in [-0.2, -0.15) is 12.6 Å². The molecule has 0 amide bonds. The summed E-state index contributed by atoms with van der Waals surface area (Å²) in [5.41, 5.74) is 0. The summed E-state index contributed by atoms with van der Waals surface area (Å²) in [5.74, 6) is 0.806. The summed E-state index contributed by atoms with van der Waals surface area (Å²) in [4.78, 5) is 0. The number of rotatable bonds is 19. The van der Waals surface area contributed by atoms with E-state index in [9.17, 15) is 5.11 Å². The molecule has 0 saturated carbocycles. The van der Waals surface area contributed by atoms with Gasteiger partial charge < -0.3 is 5.11 Å². The predicted molar refractivity (Wildman–Crippen MR) is 109 cm³/mol. The Labute approximate surface area is 152 Å². The van der Waals surface area contributed by atoms with Crippen LogP contribution in [0.3, 0.4) is 0 Å². The normalized spacial score (nSPS) is 12.7. The van der Waals surface area contributed by atoms with Crippen molar-refractivity contribution in [2.75, 3.05) is 5.75 Å². The molecule has 0 aliphatic carbocycles. The van der Waals surface area contributed by atoms with Crippen molar-refractivity contribution in [3.05, 3.63) is 0 Å². The summed E-state index contributed by atoms with van der Waals surface area (Å²) in [6.45, 7) is 2.29. The topological polar surface area (TPSA) is 20.2 Å². The summed E-state index contributed by atoms with van der Waals surface area (Å²) in [6, 6.07) is 0. The molecular formula is C21H44OS. The van der Waals surface area contributed by atoms with E-state index in [0.717, 1.165) is 18.6 Å². The van der Waals surface area contributed by atoms with Gasteiger partial charge in [-0.3, -0.25) is 0 Å². The number of hydrogen-bond donors (Lipinski definition) is 2. The van der Waals surface area contributed by atoms with Gasteiger partial charge in [0.05, 0.1) is 6.10 Å². The third-order valence-corrected chi connectivity index (χ3v) is 5.11. The zero-order chi connectivity index (χ0) is 17.0. The Hall–Kier alpha value is 0.310. The summed E-state index contributed by atoms with van der Waals surface area (Å²) in [6.07, 6.45) is 24.2. The third-order valence-electron chi connectivity index (χ3n) is 4.85. The van der Waals surface area contributed by atoms with Crippen LogP contribution in [0.5, 0.6) is 0 Å². The lowest BCUT2D eigenvalue weighted by Crippen LogP contribution is -2.06. The predicted octanol–water partition coefficient (Wildman–Crippen LogP) is 7.32. The Morgan fingerprint density at radius 2 is 0.913 bits per heavy atom. The molecule has 0 aromatic carbocycles. The van der Waals surface area contributed by atoms with Crippen LogP contribution >= 0.6 is 12.6 Å². The second kappa shape index (κ2) is 20.4. The molecule has 0 fully saturated rings. The highest BCUT2D eigenvalue weighted by Crippen LogP contribution is 2.14. The third kappa shape index (κ3) is 20.3. The minimum atomic E-state index is -0.112. The van der Waals surface area contributed by atoms with E-state index in [-0.39, 0.29) is 6.10 Å². The van der Waals surface area contributed by atoms with Crippen molar-refractivity contribution in [1.29, 1.82) is 0 Å². The molecule has 0 aromatic rings. The first kappa shape index (κ1) is 23.3. The molecule has 1 unspecified atom stereocenters. The monoisotopic (exact) mass is 344 g/mol. The van der Waals surface area contributed by atoms with Gasteiger partial charge in [0.1, 0.15) is 0 Å². The van der Waals surface area contributed by atoms with Gasteiger partial charge >= 0.3 is 0 Å². The fourth-order valence-electron chi connectivity index (χ4n) is 3.22. The molecule has 0 saturated heterocycles. The van der Waals surface area contributed by atoms with Crippen LogP contribution in [0.2, 0.25) is 0 Å². The van der Waals surface area contributed by atoms with E-state index in [1.807, 2.05) is 0 Å². The van der Waals surface area contributed by atoms with E-state index < -0.39 is 0 Å². The maximum absolute atomic E-state index is 9.62. The minimum Gasteiger partial charge on any atom is -0.393 e. The van der Waals surface area contributed by atoms with Gasteiger partial charge in [0.15, 0.2) is 0 Å². The first-order valence-corrected chi connectivity index (χ1v) is 11.2. The van der Waals surface area contributed by atoms with Crippen molar-refractivity contribution in [2.45, 2.75) is 129 Å². The van der Waals surface area contributed by atoms with Crippen LogP contribution in [0, 0.1) is 0 Å². The maximum atomic E-state index is 9.62. The zero-order valence-corrected chi connectivity index (χ0v) is 16.8. The molecule has 0 rings (SSSR count). The van der Waals surface area contributed by atoms with Gasteiger partial charge in [0, 0.05) is 0 Å². The fourth-order valence-corrected chi connectivity index (χ4v) is 3.52. The van der Waals surface area contributed by atoms with Crippen molar-refractivity contribution in [1.82, 2.24) is 0 Å². The number of unbranched alkanes of at least 4 members (excludes halogenated alkanes) is 15. The average molecular weight is 345 g/mol. The van der Waals surface area contributed by atoms with Gasteiger partial charge in [0.2, 0.25) is 0 Å². The van der Waals surface area contributed by atoms with Gasteiger partial charge in [-0.25, -0.2) is 0 Å². The Bertz CT molecular complexity index is 208. The highest BCUT2D eigenvalue weighted by molar-refractivity contribution is 7.80. The molecule has 1 atom stereocenters. The number of aliphatic hydroxyl groups excluding tert-OH is 1. The second-order valence-corrected chi connectivity index (χ2v) is 7.71. The molecule has 0 aliphatic heterocycles. The van der Waals surface area contributed by atoms with Gasteiger partial charge in [-0.15, -0.1) is 0 Å². The van der Waals surface area contributed by atoms with E-state index in [2.05, 4.69) is 19.6 Å². The zero-order valence-electron chi connectivity index (χ0n) is 15.9. The van der Waals surface area contributed by atoms with Gasteiger partial charge in [-0.1, -0.05) is 110 Å². The lowest BCUT2D eigenvalue weighted by atomic mass is 10.0. The molecular weight excluding hydrogens is 300 g/mol. The standard InChI is InChI=1S/C21H44OS/c1-2-3-4-5-6-7-8-9-10-11-12-13-14-15-16-17-18-21(22)19-20-23/h21-23H,2-20H2,1H3. The van der Waals surface area contributed by atoms with Crippen molar-refractivity contribution in [3.63, 3.8) is 0 Å². The van der Waals surface area contributed by atoms with E-state index in [4.69, 9.17) is 0 Å². The van der Waals surface area contributed by atoms with Crippen molar-refractivity contribution < 1.29 is 5.11 Å². The number of hydrogen-bond acceptors (Lipinski definition) is 2. The maximum Gasteiger partial charge on any atom is 0.0548 e. The molecule has 23 heavy (non-hydrogen) atoms. The quantitative estimate of drug-likeness (QED) is 0.186. The van der Waals surface area contributed by atoms with Crippen molar-refractivity contribution in [3.8, 4) is 0 Å². The first-order chi connectivity index (χ1) is 11.3. The Morgan fingerprint density at radius 1 is 0.565 bits per heavy atom. The molecule has 0 bridgehead atoms. The van der Waals surface area contributed by atoms with Gasteiger partial charge in [0.25, 0.3) is 0 Å². The lowest BCUT2D eigenvalue weighted by Gasteiger charge is -2.08. The summed E-state index contributed by atoms with van der Waals surface area (Å²) >= 11 is 4.15. The van der Waals surface area contributed by atoms with E-state index in [1.54, 1.807) is 0 Å². The van der Waals surface area contributed by atoms with Crippen LogP contribution in [0.1, 0.15) is 122 Å². The largest absolute Gasteiger partial charge is 0.393 e. The molecule has 0 radical (unpaired) electrons. The molecule has 0 aromatic heterocycles. The molecule has 2 heteroatoms. The summed E-state index contributed by atoms with van der Waals surface area (Å²) in [5, 5.41) is 9.62. The van der Waals surface area contributed by atoms with Crippen LogP contribution < -0.4 is 0 Å². The van der Waals surface area contributed by atoms with Crippen LogP contribution in [0.15, 0.2) is 0 Å². The van der Waals surface area contributed by atoms with Crippen LogP contribution in [0.4, 0.5) is 0 Å². The Kier molecular flexibility index (Phi) is 20.6. The van der Waals surface area contributed by atoms with E-state index in [0.29, 0.717) is 0 Å². The first-order valence-electron chi connectivity index (χ1n) is 10.6. The molecule has 1 nitrogen and oxygen atoms in total. The molecule has 0 heterocycles. The fraction of sp³-hybridized carbons (Fsp3) is 1.00. The lowest BCUT2D eigenvalue weighted by molar-refractivity contribution is 0.158. The molecule has 0 spiro atoms.